The SMILES string of the molecule is CN1c2ccc(C#Cc3cccnc3)cc2[C@@H]2[C@@H](CCN2S(=O)(=O)c2cccc(F)c2)[C@@H]1CO. The fourth-order valence-corrected chi connectivity index (χ4v) is 6.80. The number of aliphatic hydroxyl groups is 1. The Balaban J connectivity index is 1.60. The zero-order chi connectivity index (χ0) is 23.9. The van der Waals surface area contributed by atoms with Gasteiger partial charge in [0.25, 0.3) is 0 Å². The average Bonchev–Trinajstić information content (AvgIpc) is 3.30. The minimum Gasteiger partial charge on any atom is -0.394 e. The lowest BCUT2D eigenvalue weighted by Crippen LogP contribution is -2.48. The Labute approximate surface area is 198 Å². The predicted octanol–water partition coefficient (Wildman–Crippen LogP) is 3.18. The van der Waals surface area contributed by atoms with Gasteiger partial charge in [-0.25, -0.2) is 12.8 Å². The van der Waals surface area contributed by atoms with Crippen molar-refractivity contribution in [3.05, 3.63) is 89.5 Å². The van der Waals surface area contributed by atoms with Crippen molar-refractivity contribution in [2.75, 3.05) is 25.1 Å². The highest BCUT2D eigenvalue weighted by Crippen LogP contribution is 2.50. The molecule has 0 bridgehead atoms. The molecule has 2 aliphatic heterocycles. The lowest BCUT2D eigenvalue weighted by molar-refractivity contribution is 0.193. The molecule has 6 nitrogen and oxygen atoms in total. The minimum atomic E-state index is -3.94. The number of fused-ring (bicyclic) bond motifs is 3. The van der Waals surface area contributed by atoms with E-state index in [4.69, 9.17) is 0 Å². The molecule has 34 heavy (non-hydrogen) atoms. The molecule has 3 aromatic rings. The molecule has 3 atom stereocenters. The van der Waals surface area contributed by atoms with Crippen molar-refractivity contribution in [2.45, 2.75) is 23.4 Å². The first-order valence-corrected chi connectivity index (χ1v) is 12.5. The van der Waals surface area contributed by atoms with Crippen LogP contribution >= 0.6 is 0 Å². The molecule has 174 valence electrons. The van der Waals surface area contributed by atoms with Gasteiger partial charge in [0.1, 0.15) is 5.82 Å². The van der Waals surface area contributed by atoms with Crippen molar-refractivity contribution in [3.8, 4) is 11.8 Å². The van der Waals surface area contributed by atoms with Crippen LogP contribution in [0.3, 0.4) is 0 Å². The van der Waals surface area contributed by atoms with E-state index in [1.807, 2.05) is 42.3 Å². The Morgan fingerprint density at radius 1 is 1.12 bits per heavy atom. The number of aromatic nitrogens is 1. The summed E-state index contributed by atoms with van der Waals surface area (Å²) in [5.41, 5.74) is 3.24. The van der Waals surface area contributed by atoms with Crippen LogP contribution in [0.1, 0.15) is 29.2 Å². The molecule has 0 amide bonds. The van der Waals surface area contributed by atoms with E-state index >= 15 is 0 Å². The standard InChI is InChI=1S/C26H24FN3O3S/c1-29-24-10-9-18(7-8-19-4-3-12-28-16-19)14-23(24)26-22(25(29)17-31)11-13-30(26)34(32,33)21-6-2-5-20(27)15-21/h2-6,9-10,12,14-16,22,25-26,31H,11,13,17H2,1H3/t22-,25-,26-/m0/s1. The van der Waals surface area contributed by atoms with Gasteiger partial charge >= 0.3 is 0 Å². The maximum absolute atomic E-state index is 13.9. The third-order valence-corrected chi connectivity index (χ3v) is 8.60. The Morgan fingerprint density at radius 2 is 1.94 bits per heavy atom. The second kappa shape index (κ2) is 8.84. The van der Waals surface area contributed by atoms with E-state index in [-0.39, 0.29) is 23.5 Å². The summed E-state index contributed by atoms with van der Waals surface area (Å²) in [6, 6.07) is 13.8. The van der Waals surface area contributed by atoms with E-state index < -0.39 is 21.9 Å². The quantitative estimate of drug-likeness (QED) is 0.587. The normalized spacial score (nSPS) is 22.0. The summed E-state index contributed by atoms with van der Waals surface area (Å²) in [5, 5.41) is 10.2. The number of likely N-dealkylation sites (N-methyl/N-ethyl adjacent to an activating group) is 1. The van der Waals surface area contributed by atoms with Gasteiger partial charge in [-0.05, 0) is 60.5 Å². The molecule has 3 heterocycles. The Bertz CT molecular complexity index is 1390. The Kier molecular flexibility index (Phi) is 5.86. The highest BCUT2D eigenvalue weighted by Gasteiger charge is 2.50. The molecule has 0 unspecified atom stereocenters. The van der Waals surface area contributed by atoms with Gasteiger partial charge in [-0.1, -0.05) is 17.9 Å². The van der Waals surface area contributed by atoms with Crippen molar-refractivity contribution in [1.82, 2.24) is 9.29 Å². The minimum absolute atomic E-state index is 0.0679. The number of rotatable bonds is 3. The van der Waals surface area contributed by atoms with Crippen LogP contribution < -0.4 is 4.90 Å². The van der Waals surface area contributed by atoms with Gasteiger partial charge in [0.2, 0.25) is 10.0 Å². The molecule has 8 heteroatoms. The summed E-state index contributed by atoms with van der Waals surface area (Å²) in [6.07, 6.45) is 3.97. The van der Waals surface area contributed by atoms with E-state index in [1.165, 1.54) is 22.5 Å². The van der Waals surface area contributed by atoms with Crippen LogP contribution in [0.15, 0.2) is 71.9 Å². The Morgan fingerprint density at radius 3 is 2.68 bits per heavy atom. The molecule has 0 aliphatic carbocycles. The summed E-state index contributed by atoms with van der Waals surface area (Å²) < 4.78 is 42.5. The first-order valence-electron chi connectivity index (χ1n) is 11.1. The van der Waals surface area contributed by atoms with Crippen LogP contribution in [0.5, 0.6) is 0 Å². The highest BCUT2D eigenvalue weighted by molar-refractivity contribution is 7.89. The molecule has 0 spiro atoms. The smallest absolute Gasteiger partial charge is 0.243 e. The van der Waals surface area contributed by atoms with Crippen LogP contribution in [0, 0.1) is 23.6 Å². The lowest BCUT2D eigenvalue weighted by Gasteiger charge is -2.44. The molecule has 1 saturated heterocycles. The maximum Gasteiger partial charge on any atom is 0.243 e. The summed E-state index contributed by atoms with van der Waals surface area (Å²) >= 11 is 0. The molecule has 1 N–H and O–H groups in total. The number of benzene rings is 2. The number of anilines is 1. The van der Waals surface area contributed by atoms with Crippen molar-refractivity contribution >= 4 is 15.7 Å². The Hall–Kier alpha value is -3.25. The molecular formula is C26H24FN3O3S. The van der Waals surface area contributed by atoms with E-state index in [1.54, 1.807) is 12.4 Å². The van der Waals surface area contributed by atoms with Crippen molar-refractivity contribution in [2.24, 2.45) is 5.92 Å². The molecule has 1 fully saturated rings. The fourth-order valence-electron chi connectivity index (χ4n) is 5.10. The average molecular weight is 478 g/mol. The van der Waals surface area contributed by atoms with Gasteiger partial charge in [-0.3, -0.25) is 4.98 Å². The van der Waals surface area contributed by atoms with E-state index in [9.17, 15) is 17.9 Å². The number of halogens is 1. The summed E-state index contributed by atoms with van der Waals surface area (Å²) in [7, 11) is -2.03. The third kappa shape index (κ3) is 3.86. The third-order valence-electron chi connectivity index (χ3n) is 6.72. The van der Waals surface area contributed by atoms with Crippen LogP contribution in [0.4, 0.5) is 10.1 Å². The number of hydrogen-bond donors (Lipinski definition) is 1. The van der Waals surface area contributed by atoms with Gasteiger partial charge in [0, 0.05) is 48.7 Å². The molecule has 5 rings (SSSR count). The van der Waals surface area contributed by atoms with E-state index in [0.29, 0.717) is 13.0 Å². The summed E-state index contributed by atoms with van der Waals surface area (Å²) in [6.45, 7) is 0.205. The first kappa shape index (κ1) is 22.5. The van der Waals surface area contributed by atoms with Gasteiger partial charge in [0.05, 0.1) is 23.6 Å². The van der Waals surface area contributed by atoms with Crippen molar-refractivity contribution in [1.29, 1.82) is 0 Å². The van der Waals surface area contributed by atoms with Gasteiger partial charge in [-0.2, -0.15) is 4.31 Å². The molecule has 2 aliphatic rings. The molecule has 1 aromatic heterocycles. The summed E-state index contributed by atoms with van der Waals surface area (Å²) in [5.74, 6) is 5.54. The number of nitrogens with zero attached hydrogens (tertiary/aromatic N) is 3. The highest BCUT2D eigenvalue weighted by atomic mass is 32.2. The molecule has 2 aromatic carbocycles. The van der Waals surface area contributed by atoms with Gasteiger partial charge in [0.15, 0.2) is 0 Å². The van der Waals surface area contributed by atoms with Crippen LogP contribution in [-0.2, 0) is 10.0 Å². The zero-order valence-electron chi connectivity index (χ0n) is 18.6. The lowest BCUT2D eigenvalue weighted by atomic mass is 9.82. The molecule has 0 saturated carbocycles. The van der Waals surface area contributed by atoms with Crippen molar-refractivity contribution in [3.63, 3.8) is 0 Å². The number of aliphatic hydroxyl groups excluding tert-OH is 1. The first-order chi connectivity index (χ1) is 16.4. The summed E-state index contributed by atoms with van der Waals surface area (Å²) in [4.78, 5) is 6.03. The number of sulfonamides is 1. The van der Waals surface area contributed by atoms with Gasteiger partial charge < -0.3 is 10.0 Å². The van der Waals surface area contributed by atoms with Gasteiger partial charge in [-0.15, -0.1) is 0 Å². The number of pyridine rings is 1. The van der Waals surface area contributed by atoms with Crippen molar-refractivity contribution < 1.29 is 17.9 Å². The van der Waals surface area contributed by atoms with Crippen LogP contribution in [0.2, 0.25) is 0 Å². The van der Waals surface area contributed by atoms with Crippen LogP contribution in [0.25, 0.3) is 0 Å². The largest absolute Gasteiger partial charge is 0.394 e. The fraction of sp³-hybridized carbons (Fsp3) is 0.269. The second-order valence-electron chi connectivity index (χ2n) is 8.60. The van der Waals surface area contributed by atoms with E-state index in [0.717, 1.165) is 28.4 Å². The molecular weight excluding hydrogens is 453 g/mol. The van der Waals surface area contributed by atoms with Crippen LogP contribution in [-0.4, -0.2) is 49.1 Å². The maximum atomic E-state index is 13.9. The second-order valence-corrected chi connectivity index (χ2v) is 10.5. The number of hydrogen-bond acceptors (Lipinski definition) is 5. The predicted molar refractivity (Wildman–Crippen MR) is 127 cm³/mol. The van der Waals surface area contributed by atoms with E-state index in [2.05, 4.69) is 16.8 Å². The molecule has 0 radical (unpaired) electrons. The monoisotopic (exact) mass is 477 g/mol. The zero-order valence-corrected chi connectivity index (χ0v) is 19.4. The topological polar surface area (TPSA) is 73.7 Å².